The van der Waals surface area contributed by atoms with Gasteiger partial charge < -0.3 is 15.0 Å². The van der Waals surface area contributed by atoms with Gasteiger partial charge >= 0.3 is 0 Å². The summed E-state index contributed by atoms with van der Waals surface area (Å²) in [6.07, 6.45) is 2.31. The van der Waals surface area contributed by atoms with E-state index in [1.807, 2.05) is 30.3 Å². The number of nitrogens with one attached hydrogen (secondary N) is 1. The van der Waals surface area contributed by atoms with E-state index in [1.54, 1.807) is 0 Å². The molecule has 2 heterocycles. The number of carbonyl (C=O) groups is 1. The van der Waals surface area contributed by atoms with Gasteiger partial charge in [0, 0.05) is 25.7 Å². The summed E-state index contributed by atoms with van der Waals surface area (Å²) in [6.45, 7) is 3.68. The highest BCUT2D eigenvalue weighted by atomic mass is 32.2. The summed E-state index contributed by atoms with van der Waals surface area (Å²) < 4.78 is 7.64. The van der Waals surface area contributed by atoms with E-state index in [9.17, 15) is 4.79 Å². The third-order valence-corrected chi connectivity index (χ3v) is 5.46. The molecule has 1 amide bonds. The Kier molecular flexibility index (Phi) is 5.40. The summed E-state index contributed by atoms with van der Waals surface area (Å²) in [5, 5.41) is 12.6. The van der Waals surface area contributed by atoms with E-state index in [1.165, 1.54) is 11.8 Å². The molecule has 8 heteroatoms. The van der Waals surface area contributed by atoms with Crippen molar-refractivity contribution >= 4 is 23.6 Å². The molecule has 1 saturated carbocycles. The Labute approximate surface area is 157 Å². The summed E-state index contributed by atoms with van der Waals surface area (Å²) in [7, 11) is 0. The second-order valence-corrected chi connectivity index (χ2v) is 7.48. The molecule has 0 bridgehead atoms. The first-order valence-electron chi connectivity index (χ1n) is 9.02. The summed E-state index contributed by atoms with van der Waals surface area (Å²) in [5.41, 5.74) is 1.10. The largest absolute Gasteiger partial charge is 0.378 e. The minimum atomic E-state index is 0.0112. The second-order valence-electron chi connectivity index (χ2n) is 6.53. The van der Waals surface area contributed by atoms with Crippen molar-refractivity contribution in [3.8, 4) is 0 Å². The number of rotatable bonds is 7. The molecule has 1 saturated heterocycles. The number of amides is 1. The van der Waals surface area contributed by atoms with Gasteiger partial charge in [0.25, 0.3) is 0 Å². The molecule has 2 fully saturated rings. The minimum Gasteiger partial charge on any atom is -0.378 e. The molecule has 1 aromatic carbocycles. The normalized spacial score (nSPS) is 17.3. The SMILES string of the molecule is O=C(CSc1nnc(N2CCOCC2)n1C1CC1)NCc1ccccc1. The smallest absolute Gasteiger partial charge is 0.230 e. The Hall–Kier alpha value is -2.06. The lowest BCUT2D eigenvalue weighted by Gasteiger charge is -2.27. The predicted octanol–water partition coefficient (Wildman–Crippen LogP) is 1.86. The van der Waals surface area contributed by atoms with Crippen molar-refractivity contribution in [3.63, 3.8) is 0 Å². The molecule has 1 aromatic heterocycles. The van der Waals surface area contributed by atoms with Gasteiger partial charge in [-0.05, 0) is 18.4 Å². The number of thioether (sulfide) groups is 1. The van der Waals surface area contributed by atoms with Crippen LogP contribution in [0, 0.1) is 0 Å². The molecule has 0 spiro atoms. The Morgan fingerprint density at radius 1 is 1.19 bits per heavy atom. The van der Waals surface area contributed by atoms with E-state index in [0.717, 1.165) is 55.8 Å². The number of hydrogen-bond donors (Lipinski definition) is 1. The number of carbonyl (C=O) groups excluding carboxylic acids is 1. The van der Waals surface area contributed by atoms with E-state index < -0.39 is 0 Å². The molecule has 1 aliphatic carbocycles. The lowest BCUT2D eigenvalue weighted by molar-refractivity contribution is -0.118. The molecule has 7 nitrogen and oxygen atoms in total. The van der Waals surface area contributed by atoms with Crippen molar-refractivity contribution in [2.45, 2.75) is 30.6 Å². The van der Waals surface area contributed by atoms with Crippen LogP contribution in [-0.2, 0) is 16.1 Å². The van der Waals surface area contributed by atoms with E-state index in [0.29, 0.717) is 18.3 Å². The van der Waals surface area contributed by atoms with Crippen LogP contribution in [0.5, 0.6) is 0 Å². The maximum Gasteiger partial charge on any atom is 0.230 e. The van der Waals surface area contributed by atoms with Crippen LogP contribution in [-0.4, -0.2) is 52.7 Å². The predicted molar refractivity (Wildman–Crippen MR) is 100 cm³/mol. The number of ether oxygens (including phenoxy) is 1. The van der Waals surface area contributed by atoms with Gasteiger partial charge in [-0.15, -0.1) is 10.2 Å². The molecule has 138 valence electrons. The molecule has 2 aliphatic rings. The average Bonchev–Trinajstić information content (AvgIpc) is 3.45. The fourth-order valence-electron chi connectivity index (χ4n) is 2.98. The number of anilines is 1. The van der Waals surface area contributed by atoms with Crippen LogP contribution in [0.2, 0.25) is 0 Å². The average molecular weight is 373 g/mol. The van der Waals surface area contributed by atoms with Crippen LogP contribution in [0.4, 0.5) is 5.95 Å². The minimum absolute atomic E-state index is 0.0112. The van der Waals surface area contributed by atoms with Gasteiger partial charge in [-0.2, -0.15) is 0 Å². The van der Waals surface area contributed by atoms with Crippen molar-refractivity contribution in [1.82, 2.24) is 20.1 Å². The molecule has 1 aliphatic heterocycles. The van der Waals surface area contributed by atoms with E-state index >= 15 is 0 Å². The lowest BCUT2D eigenvalue weighted by atomic mass is 10.2. The molecule has 0 atom stereocenters. The molecular weight excluding hydrogens is 350 g/mol. The van der Waals surface area contributed by atoms with Gasteiger partial charge in [-0.25, -0.2) is 0 Å². The van der Waals surface area contributed by atoms with E-state index in [-0.39, 0.29) is 5.91 Å². The number of hydrogen-bond acceptors (Lipinski definition) is 6. The highest BCUT2D eigenvalue weighted by Gasteiger charge is 2.32. The van der Waals surface area contributed by atoms with Crippen LogP contribution in [0.3, 0.4) is 0 Å². The Morgan fingerprint density at radius 3 is 2.69 bits per heavy atom. The summed E-state index contributed by atoms with van der Waals surface area (Å²) in [5.74, 6) is 1.28. The second kappa shape index (κ2) is 8.09. The maximum absolute atomic E-state index is 12.2. The molecule has 1 N–H and O–H groups in total. The van der Waals surface area contributed by atoms with Gasteiger partial charge in [0.2, 0.25) is 11.9 Å². The zero-order chi connectivity index (χ0) is 17.8. The van der Waals surface area contributed by atoms with Gasteiger partial charge in [-0.3, -0.25) is 9.36 Å². The lowest BCUT2D eigenvalue weighted by Crippen LogP contribution is -2.38. The van der Waals surface area contributed by atoms with Crippen molar-refractivity contribution < 1.29 is 9.53 Å². The van der Waals surface area contributed by atoms with E-state index in [4.69, 9.17) is 4.74 Å². The molecule has 0 radical (unpaired) electrons. The quantitative estimate of drug-likeness (QED) is 0.747. The first-order chi connectivity index (χ1) is 12.8. The van der Waals surface area contributed by atoms with Crippen LogP contribution in [0.1, 0.15) is 24.4 Å². The maximum atomic E-state index is 12.2. The Bertz CT molecular complexity index is 741. The standard InChI is InChI=1S/C18H23N5O2S/c24-16(19-12-14-4-2-1-3-5-14)13-26-18-21-20-17(23(18)15-6-7-15)22-8-10-25-11-9-22/h1-5,15H,6-13H2,(H,19,24). The third kappa shape index (κ3) is 4.19. The van der Waals surface area contributed by atoms with Crippen molar-refractivity contribution in [3.05, 3.63) is 35.9 Å². The number of nitrogens with zero attached hydrogens (tertiary/aromatic N) is 4. The van der Waals surface area contributed by atoms with Crippen molar-refractivity contribution in [1.29, 1.82) is 0 Å². The number of aromatic nitrogens is 3. The van der Waals surface area contributed by atoms with E-state index in [2.05, 4.69) is 25.0 Å². The Morgan fingerprint density at radius 2 is 1.96 bits per heavy atom. The Balaban J connectivity index is 1.35. The van der Waals surface area contributed by atoms with Crippen molar-refractivity contribution in [2.75, 3.05) is 37.0 Å². The summed E-state index contributed by atoms with van der Waals surface area (Å²) in [6, 6.07) is 10.4. The van der Waals surface area contributed by atoms with Crippen molar-refractivity contribution in [2.24, 2.45) is 0 Å². The zero-order valence-corrected chi connectivity index (χ0v) is 15.5. The third-order valence-electron chi connectivity index (χ3n) is 4.52. The molecular formula is C18H23N5O2S. The van der Waals surface area contributed by atoms with Gasteiger partial charge in [0.1, 0.15) is 0 Å². The van der Waals surface area contributed by atoms with Gasteiger partial charge in [0.15, 0.2) is 5.16 Å². The van der Waals surface area contributed by atoms with Gasteiger partial charge in [-0.1, -0.05) is 42.1 Å². The summed E-state index contributed by atoms with van der Waals surface area (Å²) >= 11 is 1.46. The monoisotopic (exact) mass is 373 g/mol. The zero-order valence-electron chi connectivity index (χ0n) is 14.6. The first-order valence-corrected chi connectivity index (χ1v) is 10.0. The molecule has 0 unspecified atom stereocenters. The van der Waals surface area contributed by atoms with Crippen LogP contribution < -0.4 is 10.2 Å². The molecule has 2 aromatic rings. The highest BCUT2D eigenvalue weighted by molar-refractivity contribution is 7.99. The summed E-state index contributed by atoms with van der Waals surface area (Å²) in [4.78, 5) is 14.4. The molecule has 26 heavy (non-hydrogen) atoms. The fourth-order valence-corrected chi connectivity index (χ4v) is 3.81. The fraction of sp³-hybridized carbons (Fsp3) is 0.500. The topological polar surface area (TPSA) is 72.3 Å². The van der Waals surface area contributed by atoms with Gasteiger partial charge in [0.05, 0.1) is 19.0 Å². The first kappa shape index (κ1) is 17.4. The number of benzene rings is 1. The van der Waals surface area contributed by atoms with Crippen LogP contribution >= 0.6 is 11.8 Å². The highest BCUT2D eigenvalue weighted by Crippen LogP contribution is 2.41. The van der Waals surface area contributed by atoms with Crippen LogP contribution in [0.25, 0.3) is 0 Å². The number of morpholine rings is 1. The molecule has 4 rings (SSSR count). The van der Waals surface area contributed by atoms with Crippen LogP contribution in [0.15, 0.2) is 35.5 Å².